The van der Waals surface area contributed by atoms with E-state index in [0.29, 0.717) is 6.04 Å². The summed E-state index contributed by atoms with van der Waals surface area (Å²) in [5.74, 6) is 0.818. The van der Waals surface area contributed by atoms with Crippen molar-refractivity contribution in [1.82, 2.24) is 29.4 Å². The van der Waals surface area contributed by atoms with Crippen LogP contribution in [0.25, 0.3) is 16.9 Å². The zero-order chi connectivity index (χ0) is 17.5. The van der Waals surface area contributed by atoms with Gasteiger partial charge in [-0.15, -0.1) is 10.2 Å². The molecule has 0 saturated heterocycles. The molecule has 1 N–H and O–H groups in total. The van der Waals surface area contributed by atoms with Gasteiger partial charge in [-0.2, -0.15) is 9.61 Å². The van der Waals surface area contributed by atoms with Gasteiger partial charge in [0, 0.05) is 36.5 Å². The van der Waals surface area contributed by atoms with Gasteiger partial charge in [-0.3, -0.25) is 0 Å². The fourth-order valence-corrected chi connectivity index (χ4v) is 3.39. The van der Waals surface area contributed by atoms with Gasteiger partial charge in [0.15, 0.2) is 0 Å². The average molecular weight is 347 g/mol. The number of aromatic nitrogens is 6. The number of imidazole rings is 1. The highest BCUT2D eigenvalue weighted by molar-refractivity contribution is 5.73. The van der Waals surface area contributed by atoms with Gasteiger partial charge in [0.1, 0.15) is 12.1 Å². The van der Waals surface area contributed by atoms with E-state index in [1.54, 1.807) is 18.0 Å². The minimum Gasteiger partial charge on any atom is -0.497 e. The minimum atomic E-state index is 0.291. The van der Waals surface area contributed by atoms with Crippen molar-refractivity contribution in [3.8, 4) is 17.0 Å². The van der Waals surface area contributed by atoms with Crippen molar-refractivity contribution in [2.45, 2.75) is 19.0 Å². The van der Waals surface area contributed by atoms with Crippen LogP contribution >= 0.6 is 0 Å². The molecule has 1 unspecified atom stereocenters. The Hall–Kier alpha value is -3.42. The van der Waals surface area contributed by atoms with E-state index in [-0.39, 0.29) is 0 Å². The second-order valence-electron chi connectivity index (χ2n) is 6.35. The third kappa shape index (κ3) is 2.46. The molecule has 4 heterocycles. The van der Waals surface area contributed by atoms with E-state index in [0.717, 1.165) is 41.3 Å². The van der Waals surface area contributed by atoms with Gasteiger partial charge in [0.05, 0.1) is 24.8 Å². The van der Waals surface area contributed by atoms with Crippen LogP contribution in [0.3, 0.4) is 0 Å². The molecule has 4 aromatic rings. The Kier molecular flexibility index (Phi) is 3.34. The summed E-state index contributed by atoms with van der Waals surface area (Å²) in [5.41, 5.74) is 4.74. The lowest BCUT2D eigenvalue weighted by atomic mass is 10.1. The summed E-state index contributed by atoms with van der Waals surface area (Å²) in [5, 5.41) is 16.4. The first-order valence-electron chi connectivity index (χ1n) is 8.41. The van der Waals surface area contributed by atoms with Crippen LogP contribution in [0, 0.1) is 0 Å². The first kappa shape index (κ1) is 14.9. The van der Waals surface area contributed by atoms with Gasteiger partial charge in [-0.05, 0) is 30.3 Å². The number of benzene rings is 1. The van der Waals surface area contributed by atoms with Crippen LogP contribution in [0.1, 0.15) is 5.69 Å². The molecular weight excluding hydrogens is 330 g/mol. The number of ether oxygens (including phenoxy) is 1. The number of methoxy groups -OCH3 is 1. The maximum Gasteiger partial charge on any atom is 0.200 e. The van der Waals surface area contributed by atoms with Crippen LogP contribution in [0.15, 0.2) is 49.2 Å². The molecule has 0 saturated carbocycles. The minimum absolute atomic E-state index is 0.291. The van der Waals surface area contributed by atoms with E-state index in [1.165, 1.54) is 5.69 Å². The molecule has 0 radical (unpaired) electrons. The lowest BCUT2D eigenvalue weighted by Gasteiger charge is -2.15. The molecule has 8 nitrogen and oxygen atoms in total. The third-order valence-electron chi connectivity index (χ3n) is 4.68. The van der Waals surface area contributed by atoms with Crippen LogP contribution in [0.2, 0.25) is 0 Å². The molecule has 0 spiro atoms. The number of nitrogens with zero attached hydrogens (tertiary/aromatic N) is 6. The van der Waals surface area contributed by atoms with E-state index < -0.39 is 0 Å². The second kappa shape index (κ2) is 5.83. The van der Waals surface area contributed by atoms with Crippen LogP contribution < -0.4 is 10.1 Å². The lowest BCUT2D eigenvalue weighted by molar-refractivity contribution is 0.415. The van der Waals surface area contributed by atoms with E-state index in [1.807, 2.05) is 42.9 Å². The lowest BCUT2D eigenvalue weighted by Crippen LogP contribution is -2.21. The molecular formula is C18H17N7O. The standard InChI is InChI=1S/C18H17N7O/c1-26-15-4-2-12(3-5-15)16-7-17(18-22-20-11-25(18)23-16)21-13-6-14-8-19-10-24(14)9-13/h2-5,7-8,10-11,13,21H,6,9H2,1H3. The number of anilines is 1. The molecule has 130 valence electrons. The average Bonchev–Trinajstić information content (AvgIpc) is 3.37. The SMILES string of the molecule is COc1ccc(-c2cc(NC3Cc4cncn4C3)c3nncn3n2)cc1. The maximum atomic E-state index is 5.23. The largest absolute Gasteiger partial charge is 0.497 e. The third-order valence-corrected chi connectivity index (χ3v) is 4.68. The monoisotopic (exact) mass is 347 g/mol. The Morgan fingerprint density at radius 1 is 1.19 bits per heavy atom. The Labute approximate surface area is 149 Å². The number of fused-ring (bicyclic) bond motifs is 2. The number of nitrogens with one attached hydrogen (secondary N) is 1. The van der Waals surface area contributed by atoms with Crippen molar-refractivity contribution in [3.63, 3.8) is 0 Å². The summed E-state index contributed by atoms with van der Waals surface area (Å²) in [6, 6.07) is 10.2. The highest BCUT2D eigenvalue weighted by Gasteiger charge is 2.22. The van der Waals surface area contributed by atoms with Crippen molar-refractivity contribution < 1.29 is 4.74 Å². The summed E-state index contributed by atoms with van der Waals surface area (Å²) in [6.45, 7) is 0.885. The highest BCUT2D eigenvalue weighted by Crippen LogP contribution is 2.27. The zero-order valence-electron chi connectivity index (χ0n) is 14.2. The fraction of sp³-hybridized carbons (Fsp3) is 0.222. The Morgan fingerprint density at radius 2 is 2.08 bits per heavy atom. The van der Waals surface area contributed by atoms with E-state index in [9.17, 15) is 0 Å². The number of hydrogen-bond acceptors (Lipinski definition) is 6. The molecule has 0 aliphatic carbocycles. The molecule has 5 rings (SSSR count). The van der Waals surface area contributed by atoms with Gasteiger partial charge in [0.25, 0.3) is 0 Å². The summed E-state index contributed by atoms with van der Waals surface area (Å²) >= 11 is 0. The number of hydrogen-bond donors (Lipinski definition) is 1. The molecule has 1 aromatic carbocycles. The Morgan fingerprint density at radius 3 is 2.88 bits per heavy atom. The normalized spacial score (nSPS) is 16.0. The molecule has 0 bridgehead atoms. The topological polar surface area (TPSA) is 82.2 Å². The van der Waals surface area contributed by atoms with Crippen LogP contribution in [0.4, 0.5) is 5.69 Å². The van der Waals surface area contributed by atoms with Crippen LogP contribution in [-0.4, -0.2) is 42.5 Å². The van der Waals surface area contributed by atoms with Gasteiger partial charge in [-0.25, -0.2) is 4.98 Å². The smallest absolute Gasteiger partial charge is 0.200 e. The number of rotatable bonds is 4. The van der Waals surface area contributed by atoms with Crippen molar-refractivity contribution in [2.75, 3.05) is 12.4 Å². The van der Waals surface area contributed by atoms with Gasteiger partial charge in [0.2, 0.25) is 5.65 Å². The summed E-state index contributed by atoms with van der Waals surface area (Å²) in [7, 11) is 1.66. The Balaban J connectivity index is 1.50. The molecule has 0 fully saturated rings. The highest BCUT2D eigenvalue weighted by atomic mass is 16.5. The summed E-state index contributed by atoms with van der Waals surface area (Å²) in [4.78, 5) is 4.18. The summed E-state index contributed by atoms with van der Waals surface area (Å²) in [6.07, 6.45) is 6.35. The van der Waals surface area contributed by atoms with Crippen molar-refractivity contribution in [2.24, 2.45) is 0 Å². The van der Waals surface area contributed by atoms with Crippen molar-refractivity contribution in [1.29, 1.82) is 0 Å². The van der Waals surface area contributed by atoms with Gasteiger partial charge in [-0.1, -0.05) is 0 Å². The second-order valence-corrected chi connectivity index (χ2v) is 6.35. The van der Waals surface area contributed by atoms with E-state index in [2.05, 4.69) is 30.2 Å². The molecule has 0 amide bonds. The van der Waals surface area contributed by atoms with Crippen LogP contribution in [-0.2, 0) is 13.0 Å². The first-order chi connectivity index (χ1) is 12.8. The maximum absolute atomic E-state index is 5.23. The van der Waals surface area contributed by atoms with E-state index >= 15 is 0 Å². The fourth-order valence-electron chi connectivity index (χ4n) is 3.39. The first-order valence-corrected chi connectivity index (χ1v) is 8.41. The molecule has 3 aromatic heterocycles. The quantitative estimate of drug-likeness (QED) is 0.608. The molecule has 26 heavy (non-hydrogen) atoms. The van der Waals surface area contributed by atoms with Crippen LogP contribution in [0.5, 0.6) is 5.75 Å². The van der Waals surface area contributed by atoms with E-state index in [4.69, 9.17) is 4.74 Å². The predicted octanol–water partition coefficient (Wildman–Crippen LogP) is 2.03. The molecule has 1 aliphatic rings. The predicted molar refractivity (Wildman–Crippen MR) is 96.1 cm³/mol. The molecule has 1 atom stereocenters. The van der Waals surface area contributed by atoms with Crippen molar-refractivity contribution in [3.05, 3.63) is 54.9 Å². The zero-order valence-corrected chi connectivity index (χ0v) is 14.2. The van der Waals surface area contributed by atoms with Crippen molar-refractivity contribution >= 4 is 11.3 Å². The molecule has 1 aliphatic heterocycles. The Bertz CT molecular complexity index is 1050. The van der Waals surface area contributed by atoms with Gasteiger partial charge < -0.3 is 14.6 Å². The summed E-state index contributed by atoms with van der Waals surface area (Å²) < 4.78 is 9.11. The van der Waals surface area contributed by atoms with Gasteiger partial charge >= 0.3 is 0 Å². The molecule has 8 heteroatoms.